The van der Waals surface area contributed by atoms with Crippen molar-refractivity contribution in [2.75, 3.05) is 13.4 Å². The van der Waals surface area contributed by atoms with Gasteiger partial charge in [-0.1, -0.05) is 0 Å². The minimum Gasteiger partial charge on any atom is -0.388 e. The zero-order chi connectivity index (χ0) is 13.2. The molecule has 6 heteroatoms. The van der Waals surface area contributed by atoms with E-state index in [2.05, 4.69) is 0 Å². The van der Waals surface area contributed by atoms with E-state index in [0.29, 0.717) is 6.42 Å². The molecule has 4 nitrogen and oxygen atoms in total. The molecule has 0 spiro atoms. The monoisotopic (exact) mass is 284 g/mol. The molecule has 6 unspecified atom stereocenters. The van der Waals surface area contributed by atoms with E-state index in [4.69, 9.17) is 21.1 Å². The lowest BCUT2D eigenvalue weighted by atomic mass is 9.93. The minimum atomic E-state index is -0.971. The Kier molecular flexibility index (Phi) is 5.56. The van der Waals surface area contributed by atoms with Gasteiger partial charge in [0.2, 0.25) is 0 Å². The van der Waals surface area contributed by atoms with Crippen molar-refractivity contribution in [2.45, 2.75) is 55.0 Å². The van der Waals surface area contributed by atoms with Gasteiger partial charge in [-0.2, -0.15) is 0 Å². The molecule has 1 rings (SSSR count). The van der Waals surface area contributed by atoms with Crippen molar-refractivity contribution >= 4 is 23.4 Å². The van der Waals surface area contributed by atoms with Crippen LogP contribution in [0.3, 0.4) is 0 Å². The van der Waals surface area contributed by atoms with Crippen LogP contribution in [0, 0.1) is 0 Å². The van der Waals surface area contributed by atoms with Crippen molar-refractivity contribution in [1.82, 2.24) is 0 Å². The summed E-state index contributed by atoms with van der Waals surface area (Å²) < 4.78 is 11.1. The Balaban J connectivity index is 2.87. The van der Waals surface area contributed by atoms with Gasteiger partial charge in [-0.05, 0) is 26.5 Å². The van der Waals surface area contributed by atoms with Crippen LogP contribution in [0.25, 0.3) is 0 Å². The molecular formula is C11H21ClO4S. The lowest BCUT2D eigenvalue weighted by molar-refractivity contribution is -0.237. The average Bonchev–Trinajstić information content (AvgIpc) is 2.25. The summed E-state index contributed by atoms with van der Waals surface area (Å²) in [6.07, 6.45) is -0.590. The van der Waals surface area contributed by atoms with E-state index >= 15 is 0 Å². The molecule has 1 heterocycles. The van der Waals surface area contributed by atoms with Gasteiger partial charge in [-0.15, -0.1) is 23.4 Å². The molecule has 6 atom stereocenters. The number of methoxy groups -OCH3 is 1. The van der Waals surface area contributed by atoms with E-state index in [1.165, 1.54) is 18.9 Å². The first-order chi connectivity index (χ1) is 7.85. The smallest absolute Gasteiger partial charge is 0.139 e. The van der Waals surface area contributed by atoms with Crippen LogP contribution in [0.2, 0.25) is 0 Å². The van der Waals surface area contributed by atoms with Gasteiger partial charge in [0.15, 0.2) is 0 Å². The third-order valence-corrected chi connectivity index (χ3v) is 4.48. The number of thioether (sulfide) groups is 1. The summed E-state index contributed by atoms with van der Waals surface area (Å²) >= 11 is 7.38. The predicted molar refractivity (Wildman–Crippen MR) is 69.5 cm³/mol. The van der Waals surface area contributed by atoms with Crippen molar-refractivity contribution in [3.8, 4) is 0 Å². The molecule has 0 aromatic heterocycles. The Bertz CT molecular complexity index is 254. The molecule has 1 saturated heterocycles. The number of hydrogen-bond acceptors (Lipinski definition) is 5. The van der Waals surface area contributed by atoms with Gasteiger partial charge in [-0.3, -0.25) is 0 Å². The maximum atomic E-state index is 10.1. The number of alkyl halides is 1. The minimum absolute atomic E-state index is 0.118. The molecule has 0 saturated carbocycles. The first-order valence-corrected chi connectivity index (χ1v) is 7.27. The summed E-state index contributed by atoms with van der Waals surface area (Å²) in [5.74, 6) is 0. The van der Waals surface area contributed by atoms with Gasteiger partial charge in [0.05, 0.1) is 6.10 Å². The molecule has 0 radical (unpaired) electrons. The zero-order valence-corrected chi connectivity index (χ0v) is 12.2. The van der Waals surface area contributed by atoms with Crippen LogP contribution in [-0.4, -0.2) is 58.3 Å². The van der Waals surface area contributed by atoms with Gasteiger partial charge in [-0.25, -0.2) is 0 Å². The fourth-order valence-corrected chi connectivity index (χ4v) is 3.04. The summed E-state index contributed by atoms with van der Waals surface area (Å²) in [5.41, 5.74) is 0. The van der Waals surface area contributed by atoms with Gasteiger partial charge in [0.25, 0.3) is 0 Å². The third kappa shape index (κ3) is 3.28. The number of hydrogen-bond donors (Lipinski definition) is 2. The quantitative estimate of drug-likeness (QED) is 0.760. The molecular weight excluding hydrogens is 264 g/mol. The SMILES string of the molecule is COC1C(O)C(O)C(CC(C)Cl)OC1(C)SC. The van der Waals surface area contributed by atoms with E-state index < -0.39 is 29.3 Å². The lowest BCUT2D eigenvalue weighted by Crippen LogP contribution is -2.62. The van der Waals surface area contributed by atoms with E-state index in [1.54, 1.807) is 0 Å². The molecule has 102 valence electrons. The van der Waals surface area contributed by atoms with Crippen LogP contribution < -0.4 is 0 Å². The third-order valence-electron chi connectivity index (χ3n) is 3.16. The van der Waals surface area contributed by atoms with Crippen LogP contribution in [0.5, 0.6) is 0 Å². The summed E-state index contributed by atoms with van der Waals surface area (Å²) in [4.78, 5) is -0.677. The largest absolute Gasteiger partial charge is 0.388 e. The van der Waals surface area contributed by atoms with E-state index in [-0.39, 0.29) is 5.38 Å². The standard InChI is InChI=1S/C11H21ClO4S/c1-6(12)5-7-8(13)9(14)10(15-3)11(2,16-7)17-4/h6-10,13-14H,5H2,1-4H3. The first kappa shape index (κ1) is 15.5. The maximum Gasteiger partial charge on any atom is 0.139 e. The van der Waals surface area contributed by atoms with Gasteiger partial charge < -0.3 is 19.7 Å². The first-order valence-electron chi connectivity index (χ1n) is 5.61. The highest BCUT2D eigenvalue weighted by Gasteiger charge is 2.51. The Hall–Kier alpha value is 0.480. The highest BCUT2D eigenvalue weighted by Crippen LogP contribution is 2.39. The van der Waals surface area contributed by atoms with Gasteiger partial charge in [0, 0.05) is 12.5 Å². The predicted octanol–water partition coefficient (Wildman–Crippen LogP) is 1.22. The Morgan fingerprint density at radius 2 is 2.06 bits per heavy atom. The fraction of sp³-hybridized carbons (Fsp3) is 1.00. The molecule has 0 bridgehead atoms. The second kappa shape index (κ2) is 6.08. The van der Waals surface area contributed by atoms with Crippen LogP contribution >= 0.6 is 23.4 Å². The molecule has 0 aromatic carbocycles. The highest BCUT2D eigenvalue weighted by molar-refractivity contribution is 7.99. The summed E-state index contributed by atoms with van der Waals surface area (Å²) in [6.45, 7) is 3.69. The molecule has 0 aromatic rings. The Labute approximate surface area is 112 Å². The number of ether oxygens (including phenoxy) is 2. The van der Waals surface area contributed by atoms with Gasteiger partial charge in [0.1, 0.15) is 23.2 Å². The second-order valence-corrected chi connectivity index (χ2v) is 6.49. The molecule has 2 N–H and O–H groups in total. The van der Waals surface area contributed by atoms with Crippen molar-refractivity contribution in [1.29, 1.82) is 0 Å². The summed E-state index contributed by atoms with van der Waals surface area (Å²) in [5, 5.41) is 20.0. The van der Waals surface area contributed by atoms with Gasteiger partial charge >= 0.3 is 0 Å². The van der Waals surface area contributed by atoms with E-state index in [0.717, 1.165) is 0 Å². The molecule has 1 aliphatic heterocycles. The number of aliphatic hydroxyl groups excluding tert-OH is 2. The molecule has 0 amide bonds. The van der Waals surface area contributed by atoms with Crippen molar-refractivity contribution in [3.05, 3.63) is 0 Å². The van der Waals surface area contributed by atoms with E-state index in [9.17, 15) is 10.2 Å². The van der Waals surface area contributed by atoms with Crippen molar-refractivity contribution < 1.29 is 19.7 Å². The topological polar surface area (TPSA) is 58.9 Å². The number of aliphatic hydroxyl groups is 2. The average molecular weight is 285 g/mol. The molecule has 1 fully saturated rings. The molecule has 17 heavy (non-hydrogen) atoms. The summed E-state index contributed by atoms with van der Waals surface area (Å²) in [6, 6.07) is 0. The van der Waals surface area contributed by atoms with E-state index in [1.807, 2.05) is 20.1 Å². The van der Waals surface area contributed by atoms with Crippen LogP contribution in [0.1, 0.15) is 20.3 Å². The molecule has 0 aliphatic carbocycles. The zero-order valence-electron chi connectivity index (χ0n) is 10.6. The maximum absolute atomic E-state index is 10.1. The fourth-order valence-electron chi connectivity index (χ4n) is 2.17. The van der Waals surface area contributed by atoms with Crippen LogP contribution in [0.4, 0.5) is 0 Å². The Morgan fingerprint density at radius 1 is 1.47 bits per heavy atom. The highest BCUT2D eigenvalue weighted by atomic mass is 35.5. The van der Waals surface area contributed by atoms with Crippen LogP contribution in [-0.2, 0) is 9.47 Å². The molecule has 1 aliphatic rings. The van der Waals surface area contributed by atoms with Crippen LogP contribution in [0.15, 0.2) is 0 Å². The lowest BCUT2D eigenvalue weighted by Gasteiger charge is -2.48. The normalized spacial score (nSPS) is 44.6. The number of halogens is 1. The number of rotatable bonds is 4. The Morgan fingerprint density at radius 3 is 2.47 bits per heavy atom. The summed E-state index contributed by atoms with van der Waals surface area (Å²) in [7, 11) is 1.50. The van der Waals surface area contributed by atoms with Crippen molar-refractivity contribution in [3.63, 3.8) is 0 Å². The second-order valence-electron chi connectivity index (χ2n) is 4.53. The van der Waals surface area contributed by atoms with Crippen molar-refractivity contribution in [2.24, 2.45) is 0 Å².